The van der Waals surface area contributed by atoms with Gasteiger partial charge in [-0.2, -0.15) is 0 Å². The summed E-state index contributed by atoms with van der Waals surface area (Å²) in [4.78, 5) is 4.29. The van der Waals surface area contributed by atoms with Gasteiger partial charge in [0, 0.05) is 17.1 Å². The molecule has 0 spiro atoms. The number of methoxy groups -OCH3 is 1. The van der Waals surface area contributed by atoms with Crippen LogP contribution in [0, 0.1) is 0 Å². The van der Waals surface area contributed by atoms with Crippen LogP contribution < -0.4 is 10.1 Å². The maximum atomic E-state index is 5.54. The molecule has 1 aromatic carbocycles. The SMILES string of the molecule is COc1cc(Br)ccc1-c1ocnc1CNC1CC1. The van der Waals surface area contributed by atoms with Crippen LogP contribution in [0.5, 0.6) is 5.75 Å². The van der Waals surface area contributed by atoms with Gasteiger partial charge in [0.15, 0.2) is 12.2 Å². The van der Waals surface area contributed by atoms with Crippen LogP contribution in [0.1, 0.15) is 18.5 Å². The number of nitrogens with one attached hydrogen (secondary N) is 1. The zero-order chi connectivity index (χ0) is 13.2. The van der Waals surface area contributed by atoms with Crippen LogP contribution in [0.4, 0.5) is 0 Å². The molecule has 3 rings (SSSR count). The highest BCUT2D eigenvalue weighted by Crippen LogP contribution is 2.34. The number of rotatable bonds is 5. The van der Waals surface area contributed by atoms with Crippen molar-refractivity contribution in [1.29, 1.82) is 0 Å². The highest BCUT2D eigenvalue weighted by atomic mass is 79.9. The van der Waals surface area contributed by atoms with Crippen molar-refractivity contribution >= 4 is 15.9 Å². The molecular weight excluding hydrogens is 308 g/mol. The lowest BCUT2D eigenvalue weighted by Gasteiger charge is -2.08. The number of hydrogen-bond donors (Lipinski definition) is 1. The van der Waals surface area contributed by atoms with Gasteiger partial charge < -0.3 is 14.5 Å². The average molecular weight is 323 g/mol. The minimum absolute atomic E-state index is 0.649. The molecule has 1 saturated carbocycles. The van der Waals surface area contributed by atoms with Gasteiger partial charge >= 0.3 is 0 Å². The number of ether oxygens (including phenoxy) is 1. The minimum Gasteiger partial charge on any atom is -0.496 e. The lowest BCUT2D eigenvalue weighted by atomic mass is 10.1. The van der Waals surface area contributed by atoms with Crippen molar-refractivity contribution in [2.24, 2.45) is 0 Å². The average Bonchev–Trinajstić information content (AvgIpc) is 3.14. The summed E-state index contributed by atoms with van der Waals surface area (Å²) in [6, 6.07) is 6.52. The predicted octanol–water partition coefficient (Wildman–Crippen LogP) is 3.36. The summed E-state index contributed by atoms with van der Waals surface area (Å²) in [5.41, 5.74) is 1.85. The maximum absolute atomic E-state index is 5.54. The summed E-state index contributed by atoms with van der Waals surface area (Å²) in [7, 11) is 1.66. The molecule has 1 aliphatic carbocycles. The van der Waals surface area contributed by atoms with Crippen LogP contribution in [-0.4, -0.2) is 18.1 Å². The molecule has 1 aliphatic rings. The summed E-state index contributed by atoms with van der Waals surface area (Å²) >= 11 is 3.44. The first-order valence-electron chi connectivity index (χ1n) is 6.27. The standard InChI is InChI=1S/C14H15BrN2O2/c1-18-13-6-9(15)2-5-11(13)14-12(17-8-19-14)7-16-10-3-4-10/h2,5-6,8,10,16H,3-4,7H2,1H3. The van der Waals surface area contributed by atoms with Gasteiger partial charge in [0.25, 0.3) is 0 Å². The number of oxazole rings is 1. The Morgan fingerprint density at radius 2 is 2.32 bits per heavy atom. The lowest BCUT2D eigenvalue weighted by molar-refractivity contribution is 0.414. The fourth-order valence-electron chi connectivity index (χ4n) is 2.00. The third-order valence-electron chi connectivity index (χ3n) is 3.18. The van der Waals surface area contributed by atoms with Gasteiger partial charge in [0.05, 0.1) is 12.7 Å². The van der Waals surface area contributed by atoms with Crippen molar-refractivity contribution in [3.05, 3.63) is 34.8 Å². The van der Waals surface area contributed by atoms with E-state index in [1.165, 1.54) is 19.2 Å². The molecule has 5 heteroatoms. The number of aromatic nitrogens is 1. The summed E-state index contributed by atoms with van der Waals surface area (Å²) in [5, 5.41) is 3.45. The summed E-state index contributed by atoms with van der Waals surface area (Å²) in [6.45, 7) is 0.732. The molecule has 0 atom stereocenters. The number of halogens is 1. The molecule has 1 fully saturated rings. The zero-order valence-electron chi connectivity index (χ0n) is 10.6. The van der Waals surface area contributed by atoms with Crippen LogP contribution in [-0.2, 0) is 6.54 Å². The maximum Gasteiger partial charge on any atom is 0.181 e. The van der Waals surface area contributed by atoms with E-state index in [-0.39, 0.29) is 0 Å². The highest BCUT2D eigenvalue weighted by molar-refractivity contribution is 9.10. The predicted molar refractivity (Wildman–Crippen MR) is 76.1 cm³/mol. The van der Waals surface area contributed by atoms with E-state index in [0.717, 1.165) is 33.8 Å². The molecule has 1 heterocycles. The molecule has 0 bridgehead atoms. The van der Waals surface area contributed by atoms with Crippen LogP contribution in [0.3, 0.4) is 0 Å². The van der Waals surface area contributed by atoms with Gasteiger partial charge in [-0.3, -0.25) is 0 Å². The van der Waals surface area contributed by atoms with Crippen LogP contribution in [0.15, 0.2) is 33.5 Å². The van der Waals surface area contributed by atoms with Crippen molar-refractivity contribution in [2.75, 3.05) is 7.11 Å². The molecule has 4 nitrogen and oxygen atoms in total. The Morgan fingerprint density at radius 3 is 3.05 bits per heavy atom. The Bertz CT molecular complexity index is 579. The Balaban J connectivity index is 1.90. The van der Waals surface area contributed by atoms with Crippen LogP contribution in [0.25, 0.3) is 11.3 Å². The molecule has 0 radical (unpaired) electrons. The molecule has 100 valence electrons. The molecule has 19 heavy (non-hydrogen) atoms. The van der Waals surface area contributed by atoms with Gasteiger partial charge in [0.1, 0.15) is 11.4 Å². The van der Waals surface area contributed by atoms with Gasteiger partial charge in [0.2, 0.25) is 0 Å². The zero-order valence-corrected chi connectivity index (χ0v) is 12.2. The third kappa shape index (κ3) is 2.82. The fraction of sp³-hybridized carbons (Fsp3) is 0.357. The van der Waals surface area contributed by atoms with Crippen molar-refractivity contribution in [2.45, 2.75) is 25.4 Å². The van der Waals surface area contributed by atoms with E-state index in [1.54, 1.807) is 7.11 Å². The minimum atomic E-state index is 0.649. The van der Waals surface area contributed by atoms with E-state index in [1.807, 2.05) is 18.2 Å². The van der Waals surface area contributed by atoms with Crippen molar-refractivity contribution in [1.82, 2.24) is 10.3 Å². The first-order valence-corrected chi connectivity index (χ1v) is 7.07. The second-order valence-electron chi connectivity index (χ2n) is 4.63. The first kappa shape index (κ1) is 12.7. The summed E-state index contributed by atoms with van der Waals surface area (Å²) < 4.78 is 11.9. The van der Waals surface area contributed by atoms with Gasteiger partial charge in [-0.1, -0.05) is 15.9 Å². The summed E-state index contributed by atoms with van der Waals surface area (Å²) in [5.74, 6) is 1.55. The van der Waals surface area contributed by atoms with Crippen molar-refractivity contribution < 1.29 is 9.15 Å². The van der Waals surface area contributed by atoms with E-state index >= 15 is 0 Å². The number of hydrogen-bond acceptors (Lipinski definition) is 4. The molecule has 1 aromatic heterocycles. The number of benzene rings is 1. The van der Waals surface area contributed by atoms with Gasteiger partial charge in [-0.05, 0) is 31.0 Å². The highest BCUT2D eigenvalue weighted by Gasteiger charge is 2.22. The van der Waals surface area contributed by atoms with E-state index in [0.29, 0.717) is 6.04 Å². The molecule has 0 saturated heterocycles. The van der Waals surface area contributed by atoms with E-state index < -0.39 is 0 Å². The molecule has 0 amide bonds. The quantitative estimate of drug-likeness (QED) is 0.916. The van der Waals surface area contributed by atoms with E-state index in [4.69, 9.17) is 9.15 Å². The normalized spacial score (nSPS) is 14.6. The Morgan fingerprint density at radius 1 is 1.47 bits per heavy atom. The van der Waals surface area contributed by atoms with E-state index in [9.17, 15) is 0 Å². The van der Waals surface area contributed by atoms with E-state index in [2.05, 4.69) is 26.2 Å². The summed E-state index contributed by atoms with van der Waals surface area (Å²) in [6.07, 6.45) is 4.00. The Hall–Kier alpha value is -1.33. The van der Waals surface area contributed by atoms with Gasteiger partial charge in [-0.25, -0.2) is 4.98 Å². The molecule has 2 aromatic rings. The second kappa shape index (κ2) is 5.35. The van der Waals surface area contributed by atoms with Crippen LogP contribution in [0.2, 0.25) is 0 Å². The molecule has 0 aliphatic heterocycles. The second-order valence-corrected chi connectivity index (χ2v) is 5.54. The van der Waals surface area contributed by atoms with Gasteiger partial charge in [-0.15, -0.1) is 0 Å². The van der Waals surface area contributed by atoms with Crippen molar-refractivity contribution in [3.63, 3.8) is 0 Å². The van der Waals surface area contributed by atoms with Crippen molar-refractivity contribution in [3.8, 4) is 17.1 Å². The monoisotopic (exact) mass is 322 g/mol. The molecule has 0 unspecified atom stereocenters. The largest absolute Gasteiger partial charge is 0.496 e. The molecule has 1 N–H and O–H groups in total. The Labute approximate surface area is 120 Å². The Kier molecular flexibility index (Phi) is 3.57. The fourth-order valence-corrected chi connectivity index (χ4v) is 2.34. The van der Waals surface area contributed by atoms with Crippen LogP contribution >= 0.6 is 15.9 Å². The number of nitrogens with zero attached hydrogens (tertiary/aromatic N) is 1. The smallest absolute Gasteiger partial charge is 0.181 e. The third-order valence-corrected chi connectivity index (χ3v) is 3.68. The lowest BCUT2D eigenvalue weighted by Crippen LogP contribution is -2.16. The topological polar surface area (TPSA) is 47.3 Å². The first-order chi connectivity index (χ1) is 9.28. The molecular formula is C14H15BrN2O2.